The molecular formula is C19H23N5O. The average Bonchev–Trinajstić information content (AvgIpc) is 3.25. The van der Waals surface area contributed by atoms with E-state index < -0.39 is 0 Å². The van der Waals surface area contributed by atoms with E-state index in [2.05, 4.69) is 39.8 Å². The SMILES string of the molecule is CN=C(NCc1ccn(C)c1)NCc1coc(-c2ccc(C)cc2)n1. The van der Waals surface area contributed by atoms with Crippen LogP contribution < -0.4 is 10.6 Å². The van der Waals surface area contributed by atoms with Crippen LogP contribution >= 0.6 is 0 Å². The number of aromatic nitrogens is 2. The summed E-state index contributed by atoms with van der Waals surface area (Å²) in [6.07, 6.45) is 5.77. The fourth-order valence-electron chi connectivity index (χ4n) is 2.46. The zero-order chi connectivity index (χ0) is 17.6. The van der Waals surface area contributed by atoms with E-state index in [4.69, 9.17) is 4.42 Å². The Balaban J connectivity index is 1.54. The summed E-state index contributed by atoms with van der Waals surface area (Å²) in [7, 11) is 3.76. The molecule has 0 saturated heterocycles. The molecule has 0 aliphatic rings. The van der Waals surface area contributed by atoms with Crippen LogP contribution in [-0.2, 0) is 20.1 Å². The molecule has 6 heteroatoms. The lowest BCUT2D eigenvalue weighted by atomic mass is 10.1. The average molecular weight is 337 g/mol. The van der Waals surface area contributed by atoms with Crippen LogP contribution in [0.25, 0.3) is 11.5 Å². The Bertz CT molecular complexity index is 845. The molecule has 0 fully saturated rings. The molecule has 0 radical (unpaired) electrons. The van der Waals surface area contributed by atoms with Gasteiger partial charge in [0, 0.05) is 38.6 Å². The van der Waals surface area contributed by atoms with Gasteiger partial charge in [0.05, 0.1) is 12.2 Å². The van der Waals surface area contributed by atoms with Crippen molar-refractivity contribution in [3.8, 4) is 11.5 Å². The number of hydrogen-bond donors (Lipinski definition) is 2. The molecule has 0 amide bonds. The predicted octanol–water partition coefficient (Wildman–Crippen LogP) is 2.85. The summed E-state index contributed by atoms with van der Waals surface area (Å²) in [5.74, 6) is 1.35. The molecule has 3 aromatic rings. The van der Waals surface area contributed by atoms with Crippen LogP contribution in [0.2, 0.25) is 0 Å². The minimum Gasteiger partial charge on any atom is -0.444 e. The number of nitrogens with one attached hydrogen (secondary N) is 2. The molecular weight excluding hydrogens is 314 g/mol. The van der Waals surface area contributed by atoms with E-state index in [1.54, 1.807) is 13.3 Å². The van der Waals surface area contributed by atoms with Crippen molar-refractivity contribution in [2.75, 3.05) is 7.05 Å². The number of rotatable bonds is 5. The summed E-state index contributed by atoms with van der Waals surface area (Å²) < 4.78 is 7.60. The van der Waals surface area contributed by atoms with Crippen molar-refractivity contribution in [2.45, 2.75) is 20.0 Å². The summed E-state index contributed by atoms with van der Waals surface area (Å²) in [5, 5.41) is 6.53. The lowest BCUT2D eigenvalue weighted by molar-refractivity contribution is 0.572. The number of aryl methyl sites for hydroxylation is 2. The van der Waals surface area contributed by atoms with Crippen molar-refractivity contribution >= 4 is 5.96 Å². The van der Waals surface area contributed by atoms with Crippen LogP contribution in [0.5, 0.6) is 0 Å². The Morgan fingerprint density at radius 2 is 1.92 bits per heavy atom. The van der Waals surface area contributed by atoms with Crippen LogP contribution in [-0.4, -0.2) is 22.6 Å². The van der Waals surface area contributed by atoms with Gasteiger partial charge < -0.3 is 19.6 Å². The number of aliphatic imine (C=N–C) groups is 1. The van der Waals surface area contributed by atoms with Gasteiger partial charge in [0.15, 0.2) is 5.96 Å². The predicted molar refractivity (Wildman–Crippen MR) is 99.1 cm³/mol. The number of guanidine groups is 1. The molecule has 0 atom stereocenters. The fraction of sp³-hybridized carbons (Fsp3) is 0.263. The van der Waals surface area contributed by atoms with Gasteiger partial charge >= 0.3 is 0 Å². The number of oxazole rings is 1. The highest BCUT2D eigenvalue weighted by Gasteiger charge is 2.07. The normalized spacial score (nSPS) is 11.6. The molecule has 1 aromatic carbocycles. The Labute approximate surface area is 147 Å². The lowest BCUT2D eigenvalue weighted by Crippen LogP contribution is -2.36. The first kappa shape index (κ1) is 16.8. The van der Waals surface area contributed by atoms with Gasteiger partial charge in [-0.3, -0.25) is 4.99 Å². The van der Waals surface area contributed by atoms with Gasteiger partial charge in [0.2, 0.25) is 5.89 Å². The minimum atomic E-state index is 0.545. The minimum absolute atomic E-state index is 0.545. The molecule has 3 rings (SSSR count). The van der Waals surface area contributed by atoms with E-state index in [0.29, 0.717) is 19.0 Å². The number of hydrogen-bond acceptors (Lipinski definition) is 3. The van der Waals surface area contributed by atoms with E-state index in [9.17, 15) is 0 Å². The Kier molecular flexibility index (Phi) is 5.18. The van der Waals surface area contributed by atoms with Gasteiger partial charge in [-0.05, 0) is 30.7 Å². The van der Waals surface area contributed by atoms with Gasteiger partial charge in [-0.15, -0.1) is 0 Å². The molecule has 0 aliphatic heterocycles. The summed E-state index contributed by atoms with van der Waals surface area (Å²) in [6.45, 7) is 3.32. The topological polar surface area (TPSA) is 67.4 Å². The smallest absolute Gasteiger partial charge is 0.226 e. The van der Waals surface area contributed by atoms with Crippen molar-refractivity contribution in [1.29, 1.82) is 0 Å². The van der Waals surface area contributed by atoms with E-state index >= 15 is 0 Å². The molecule has 2 N–H and O–H groups in total. The Hall–Kier alpha value is -3.02. The number of nitrogens with zero attached hydrogens (tertiary/aromatic N) is 3. The highest BCUT2D eigenvalue weighted by molar-refractivity contribution is 5.79. The van der Waals surface area contributed by atoms with Crippen molar-refractivity contribution in [2.24, 2.45) is 12.0 Å². The molecule has 0 spiro atoms. The van der Waals surface area contributed by atoms with Gasteiger partial charge in [0.25, 0.3) is 0 Å². The molecule has 0 saturated carbocycles. The van der Waals surface area contributed by atoms with Crippen molar-refractivity contribution in [3.05, 3.63) is 65.8 Å². The molecule has 0 aliphatic carbocycles. The monoisotopic (exact) mass is 337 g/mol. The van der Waals surface area contributed by atoms with E-state index in [-0.39, 0.29) is 0 Å². The Morgan fingerprint density at radius 3 is 2.60 bits per heavy atom. The molecule has 25 heavy (non-hydrogen) atoms. The summed E-state index contributed by atoms with van der Waals surface area (Å²) in [4.78, 5) is 8.75. The summed E-state index contributed by atoms with van der Waals surface area (Å²) in [5.41, 5.74) is 4.22. The van der Waals surface area contributed by atoms with Crippen molar-refractivity contribution < 1.29 is 4.42 Å². The third-order valence-electron chi connectivity index (χ3n) is 3.86. The maximum absolute atomic E-state index is 5.57. The molecule has 130 valence electrons. The van der Waals surface area contributed by atoms with Crippen LogP contribution in [0.1, 0.15) is 16.8 Å². The van der Waals surface area contributed by atoms with Gasteiger partial charge in [-0.2, -0.15) is 0 Å². The van der Waals surface area contributed by atoms with Crippen LogP contribution in [0, 0.1) is 6.92 Å². The lowest BCUT2D eigenvalue weighted by Gasteiger charge is -2.09. The highest BCUT2D eigenvalue weighted by Crippen LogP contribution is 2.18. The third kappa shape index (κ3) is 4.50. The molecule has 2 heterocycles. The van der Waals surface area contributed by atoms with Crippen LogP contribution in [0.3, 0.4) is 0 Å². The highest BCUT2D eigenvalue weighted by atomic mass is 16.3. The first-order valence-corrected chi connectivity index (χ1v) is 8.21. The largest absolute Gasteiger partial charge is 0.444 e. The van der Waals surface area contributed by atoms with Crippen LogP contribution in [0.15, 0.2) is 58.4 Å². The van der Waals surface area contributed by atoms with Crippen molar-refractivity contribution in [1.82, 2.24) is 20.2 Å². The molecule has 0 bridgehead atoms. The first-order chi connectivity index (χ1) is 12.1. The first-order valence-electron chi connectivity index (χ1n) is 8.21. The van der Waals surface area contributed by atoms with E-state index in [1.807, 2.05) is 42.1 Å². The summed E-state index contributed by atoms with van der Waals surface area (Å²) >= 11 is 0. The maximum Gasteiger partial charge on any atom is 0.226 e. The van der Waals surface area contributed by atoms with E-state index in [0.717, 1.165) is 17.2 Å². The van der Waals surface area contributed by atoms with Gasteiger partial charge in [-0.25, -0.2) is 4.98 Å². The molecule has 2 aromatic heterocycles. The molecule has 0 unspecified atom stereocenters. The second-order valence-electron chi connectivity index (χ2n) is 5.97. The second-order valence-corrected chi connectivity index (χ2v) is 5.97. The zero-order valence-corrected chi connectivity index (χ0v) is 14.8. The molecule has 6 nitrogen and oxygen atoms in total. The zero-order valence-electron chi connectivity index (χ0n) is 14.8. The van der Waals surface area contributed by atoms with Gasteiger partial charge in [0.1, 0.15) is 6.26 Å². The third-order valence-corrected chi connectivity index (χ3v) is 3.86. The Morgan fingerprint density at radius 1 is 1.16 bits per heavy atom. The quantitative estimate of drug-likeness (QED) is 0.555. The fourth-order valence-corrected chi connectivity index (χ4v) is 2.46. The van der Waals surface area contributed by atoms with Gasteiger partial charge in [-0.1, -0.05) is 17.7 Å². The maximum atomic E-state index is 5.57. The summed E-state index contributed by atoms with van der Waals surface area (Å²) in [6, 6.07) is 10.2. The van der Waals surface area contributed by atoms with Crippen LogP contribution in [0.4, 0.5) is 0 Å². The van der Waals surface area contributed by atoms with Crippen molar-refractivity contribution in [3.63, 3.8) is 0 Å². The standard InChI is InChI=1S/C19H23N5O/c1-14-4-6-16(7-5-14)18-23-17(13-25-18)11-22-19(20-2)21-10-15-8-9-24(3)12-15/h4-9,12-13H,10-11H2,1-3H3,(H2,20,21,22). The van der Waals surface area contributed by atoms with E-state index in [1.165, 1.54) is 11.1 Å². The second kappa shape index (κ2) is 7.70. The number of benzene rings is 1.